The van der Waals surface area contributed by atoms with Crippen LogP contribution in [-0.2, 0) is 0 Å². The topological polar surface area (TPSA) is 78.5 Å². The van der Waals surface area contributed by atoms with Crippen molar-refractivity contribution in [2.75, 3.05) is 5.73 Å². The van der Waals surface area contributed by atoms with E-state index in [0.29, 0.717) is 5.56 Å². The van der Waals surface area contributed by atoms with Crippen LogP contribution in [0.5, 0.6) is 0 Å². The molecule has 0 aliphatic carbocycles. The smallest absolute Gasteiger partial charge is 0.142 e. The molecule has 0 saturated carbocycles. The minimum atomic E-state index is 0.236. The Morgan fingerprint density at radius 2 is 1.88 bits per heavy atom. The highest BCUT2D eigenvalue weighted by atomic mass is 79.9. The molecule has 2 aromatic heterocycles. The Morgan fingerprint density at radius 1 is 1.04 bits per heavy atom. The van der Waals surface area contributed by atoms with Gasteiger partial charge in [-0.15, -0.1) is 0 Å². The third kappa shape index (κ3) is 2.67. The number of nitrogens with two attached hydrogens (primary N) is 1. The molecule has 3 N–H and O–H groups in total. The SMILES string of the molecule is N#Cc1c(-c2c[nH]c3ccccc23)cc(-c2cccc(Br)c2)nc1N. The molecule has 0 bridgehead atoms. The Balaban J connectivity index is 2.00. The summed E-state index contributed by atoms with van der Waals surface area (Å²) in [5.41, 5.74) is 10.9. The van der Waals surface area contributed by atoms with Crippen LogP contribution in [0.3, 0.4) is 0 Å². The average molecular weight is 389 g/mol. The number of pyridine rings is 1. The highest BCUT2D eigenvalue weighted by Crippen LogP contribution is 2.35. The monoisotopic (exact) mass is 388 g/mol. The van der Waals surface area contributed by atoms with Crippen LogP contribution < -0.4 is 5.73 Å². The molecule has 0 amide bonds. The zero-order chi connectivity index (χ0) is 17.4. The number of nitriles is 1. The average Bonchev–Trinajstić information content (AvgIpc) is 3.05. The summed E-state index contributed by atoms with van der Waals surface area (Å²) in [6, 6.07) is 20.0. The van der Waals surface area contributed by atoms with Gasteiger partial charge in [-0.2, -0.15) is 5.26 Å². The Labute approximate surface area is 153 Å². The van der Waals surface area contributed by atoms with Crippen molar-refractivity contribution in [2.45, 2.75) is 0 Å². The first kappa shape index (κ1) is 15.4. The van der Waals surface area contributed by atoms with E-state index in [-0.39, 0.29) is 5.82 Å². The summed E-state index contributed by atoms with van der Waals surface area (Å²) < 4.78 is 0.961. The number of para-hydroxylation sites is 1. The molecule has 120 valence electrons. The Morgan fingerprint density at radius 3 is 2.68 bits per heavy atom. The number of rotatable bonds is 2. The minimum absolute atomic E-state index is 0.236. The van der Waals surface area contributed by atoms with Gasteiger partial charge in [-0.3, -0.25) is 0 Å². The molecule has 4 aromatic rings. The molecule has 0 aliphatic heterocycles. The van der Waals surface area contributed by atoms with Crippen LogP contribution in [-0.4, -0.2) is 9.97 Å². The summed E-state index contributed by atoms with van der Waals surface area (Å²) in [6.45, 7) is 0. The molecule has 0 aliphatic rings. The number of hydrogen-bond acceptors (Lipinski definition) is 3. The number of nitrogens with one attached hydrogen (secondary N) is 1. The van der Waals surface area contributed by atoms with Gasteiger partial charge in [0.1, 0.15) is 17.5 Å². The van der Waals surface area contributed by atoms with Crippen molar-refractivity contribution in [3.05, 3.63) is 70.8 Å². The van der Waals surface area contributed by atoms with Crippen LogP contribution in [0, 0.1) is 11.3 Å². The summed E-state index contributed by atoms with van der Waals surface area (Å²) in [6.07, 6.45) is 1.91. The molecule has 0 spiro atoms. The van der Waals surface area contributed by atoms with Crippen molar-refractivity contribution < 1.29 is 0 Å². The number of nitrogen functional groups attached to an aromatic ring is 1. The molecule has 0 radical (unpaired) electrons. The molecule has 0 unspecified atom stereocenters. The summed E-state index contributed by atoms with van der Waals surface area (Å²) in [7, 11) is 0. The van der Waals surface area contributed by atoms with E-state index in [9.17, 15) is 5.26 Å². The first-order valence-electron chi connectivity index (χ1n) is 7.70. The van der Waals surface area contributed by atoms with Crippen LogP contribution in [0.1, 0.15) is 5.56 Å². The summed E-state index contributed by atoms with van der Waals surface area (Å²) in [5, 5.41) is 10.6. The standard InChI is InChI=1S/C20H13BrN4/c21-13-5-3-4-12(8-13)19-9-15(16(10-22)20(23)25-19)17-11-24-18-7-2-1-6-14(17)18/h1-9,11,24H,(H2,23,25). The predicted octanol–water partition coefficient (Wildman–Crippen LogP) is 5.11. The number of fused-ring (bicyclic) bond motifs is 1. The molecule has 2 aromatic carbocycles. The Kier molecular flexibility index (Phi) is 3.75. The van der Waals surface area contributed by atoms with E-state index in [1.165, 1.54) is 0 Å². The van der Waals surface area contributed by atoms with Crippen molar-refractivity contribution in [3.63, 3.8) is 0 Å². The zero-order valence-corrected chi connectivity index (χ0v) is 14.7. The first-order chi connectivity index (χ1) is 12.2. The van der Waals surface area contributed by atoms with Crippen LogP contribution in [0.25, 0.3) is 33.3 Å². The van der Waals surface area contributed by atoms with Gasteiger partial charge in [0.15, 0.2) is 0 Å². The highest BCUT2D eigenvalue weighted by molar-refractivity contribution is 9.10. The Hall–Kier alpha value is -3.10. The lowest BCUT2D eigenvalue weighted by atomic mass is 9.98. The van der Waals surface area contributed by atoms with E-state index >= 15 is 0 Å². The fourth-order valence-electron chi connectivity index (χ4n) is 2.98. The van der Waals surface area contributed by atoms with Crippen molar-refractivity contribution in [1.29, 1.82) is 5.26 Å². The lowest BCUT2D eigenvalue weighted by Crippen LogP contribution is -1.99. The van der Waals surface area contributed by atoms with Gasteiger partial charge in [-0.05, 0) is 24.3 Å². The number of anilines is 1. The third-order valence-electron chi connectivity index (χ3n) is 4.16. The molecule has 25 heavy (non-hydrogen) atoms. The van der Waals surface area contributed by atoms with Crippen molar-refractivity contribution in [3.8, 4) is 28.5 Å². The maximum absolute atomic E-state index is 9.59. The fourth-order valence-corrected chi connectivity index (χ4v) is 3.38. The van der Waals surface area contributed by atoms with Gasteiger partial charge in [-0.1, -0.05) is 46.3 Å². The molecule has 4 rings (SSSR count). The van der Waals surface area contributed by atoms with Gasteiger partial charge in [0, 0.05) is 38.3 Å². The number of H-pyrrole nitrogens is 1. The molecule has 5 heteroatoms. The summed E-state index contributed by atoms with van der Waals surface area (Å²) in [5.74, 6) is 0.236. The molecule has 2 heterocycles. The quantitative estimate of drug-likeness (QED) is 0.500. The second-order valence-corrected chi connectivity index (χ2v) is 6.60. The zero-order valence-electron chi connectivity index (χ0n) is 13.1. The van der Waals surface area contributed by atoms with Crippen molar-refractivity contribution in [2.24, 2.45) is 0 Å². The van der Waals surface area contributed by atoms with Crippen molar-refractivity contribution >= 4 is 32.7 Å². The van der Waals surface area contributed by atoms with Gasteiger partial charge in [0.2, 0.25) is 0 Å². The van der Waals surface area contributed by atoms with Crippen LogP contribution in [0.15, 0.2) is 65.3 Å². The lowest BCUT2D eigenvalue weighted by molar-refractivity contribution is 1.31. The summed E-state index contributed by atoms with van der Waals surface area (Å²) in [4.78, 5) is 7.68. The second-order valence-electron chi connectivity index (χ2n) is 5.69. The number of halogens is 1. The maximum Gasteiger partial charge on any atom is 0.142 e. The molecular weight excluding hydrogens is 376 g/mol. The number of aromatic nitrogens is 2. The second kappa shape index (κ2) is 6.08. The van der Waals surface area contributed by atoms with E-state index in [1.54, 1.807) is 0 Å². The molecule has 0 fully saturated rings. The van der Waals surface area contributed by atoms with Gasteiger partial charge >= 0.3 is 0 Å². The van der Waals surface area contributed by atoms with E-state index in [0.717, 1.165) is 37.8 Å². The number of nitrogens with zero attached hydrogens (tertiary/aromatic N) is 2. The van der Waals surface area contributed by atoms with Gasteiger partial charge < -0.3 is 10.7 Å². The number of hydrogen-bond donors (Lipinski definition) is 2. The van der Waals surface area contributed by atoms with Gasteiger partial charge in [0.05, 0.1) is 5.69 Å². The molecule has 4 nitrogen and oxygen atoms in total. The van der Waals surface area contributed by atoms with Crippen molar-refractivity contribution in [1.82, 2.24) is 9.97 Å². The molecular formula is C20H13BrN4. The van der Waals surface area contributed by atoms with Crippen LogP contribution >= 0.6 is 15.9 Å². The normalized spacial score (nSPS) is 10.7. The van der Waals surface area contributed by atoms with Gasteiger partial charge in [-0.25, -0.2) is 4.98 Å². The largest absolute Gasteiger partial charge is 0.383 e. The first-order valence-corrected chi connectivity index (χ1v) is 8.49. The van der Waals surface area contributed by atoms with E-state index in [1.807, 2.05) is 60.8 Å². The molecule has 0 atom stereocenters. The van der Waals surface area contributed by atoms with Crippen LogP contribution in [0.4, 0.5) is 5.82 Å². The Bertz CT molecular complexity index is 1140. The van der Waals surface area contributed by atoms with E-state index < -0.39 is 0 Å². The fraction of sp³-hybridized carbons (Fsp3) is 0. The van der Waals surface area contributed by atoms with E-state index in [4.69, 9.17) is 5.73 Å². The predicted molar refractivity (Wildman–Crippen MR) is 104 cm³/mol. The van der Waals surface area contributed by atoms with E-state index in [2.05, 4.69) is 32.0 Å². The lowest BCUT2D eigenvalue weighted by Gasteiger charge is -2.10. The number of benzene rings is 2. The highest BCUT2D eigenvalue weighted by Gasteiger charge is 2.16. The molecule has 0 saturated heterocycles. The third-order valence-corrected chi connectivity index (χ3v) is 4.65. The van der Waals surface area contributed by atoms with Crippen LogP contribution in [0.2, 0.25) is 0 Å². The summed E-state index contributed by atoms with van der Waals surface area (Å²) >= 11 is 3.48. The number of aromatic amines is 1. The van der Waals surface area contributed by atoms with Gasteiger partial charge in [0.25, 0.3) is 0 Å². The maximum atomic E-state index is 9.59. The minimum Gasteiger partial charge on any atom is -0.383 e.